The minimum atomic E-state index is -3.69. The van der Waals surface area contributed by atoms with Gasteiger partial charge in [0, 0.05) is 23.8 Å². The van der Waals surface area contributed by atoms with Crippen molar-refractivity contribution in [2.45, 2.75) is 44.1 Å². The van der Waals surface area contributed by atoms with Crippen LogP contribution in [0.3, 0.4) is 0 Å². The van der Waals surface area contributed by atoms with Gasteiger partial charge in [0.05, 0.1) is 10.5 Å². The van der Waals surface area contributed by atoms with Gasteiger partial charge in [-0.15, -0.1) is 0 Å². The van der Waals surface area contributed by atoms with Gasteiger partial charge in [-0.2, -0.15) is 4.31 Å². The lowest BCUT2D eigenvalue weighted by Crippen LogP contribution is -2.35. The molecule has 3 rings (SSSR count). The number of ether oxygens (including phenoxy) is 1. The second-order valence-electron chi connectivity index (χ2n) is 7.49. The van der Waals surface area contributed by atoms with Crippen molar-refractivity contribution in [2.24, 2.45) is 0 Å². The lowest BCUT2D eigenvalue weighted by atomic mass is 10.1. The molecule has 2 aromatic carbocycles. The number of esters is 1. The molecular weight excluding hydrogens is 440 g/mol. The summed E-state index contributed by atoms with van der Waals surface area (Å²) in [5.74, 6) is -1.27. The first-order chi connectivity index (χ1) is 14.7. The molecule has 7 nitrogen and oxygen atoms in total. The van der Waals surface area contributed by atoms with Gasteiger partial charge < -0.3 is 10.1 Å². The molecule has 0 radical (unpaired) electrons. The molecule has 1 fully saturated rings. The maximum absolute atomic E-state index is 12.9. The van der Waals surface area contributed by atoms with Crippen molar-refractivity contribution in [2.75, 3.05) is 18.4 Å². The van der Waals surface area contributed by atoms with Crippen LogP contribution in [0.25, 0.3) is 0 Å². The fraction of sp³-hybridized carbons (Fsp3) is 0.364. The number of halogens is 1. The monoisotopic (exact) mass is 464 g/mol. The summed E-state index contributed by atoms with van der Waals surface area (Å²) in [4.78, 5) is 25.1. The van der Waals surface area contributed by atoms with E-state index in [-0.39, 0.29) is 10.5 Å². The molecule has 0 saturated carbocycles. The summed E-state index contributed by atoms with van der Waals surface area (Å²) in [6, 6.07) is 10.9. The molecule has 31 heavy (non-hydrogen) atoms. The number of hydrogen-bond acceptors (Lipinski definition) is 5. The van der Waals surface area contributed by atoms with Crippen LogP contribution in [0, 0.1) is 6.92 Å². The molecule has 9 heteroatoms. The second-order valence-corrected chi connectivity index (χ2v) is 9.86. The molecule has 0 aliphatic carbocycles. The molecular formula is C22H25ClN2O5S. The van der Waals surface area contributed by atoms with E-state index in [1.807, 2.05) is 0 Å². The molecule has 1 unspecified atom stereocenters. The number of nitrogens with zero attached hydrogens (tertiary/aromatic N) is 1. The average molecular weight is 465 g/mol. The maximum Gasteiger partial charge on any atom is 0.339 e. The Bertz CT molecular complexity index is 1060. The Labute approximate surface area is 187 Å². The van der Waals surface area contributed by atoms with Gasteiger partial charge in [0.1, 0.15) is 0 Å². The van der Waals surface area contributed by atoms with E-state index in [1.165, 1.54) is 23.4 Å². The van der Waals surface area contributed by atoms with Crippen molar-refractivity contribution >= 4 is 39.2 Å². The molecule has 1 aliphatic rings. The normalized spacial score (nSPS) is 15.8. The second kappa shape index (κ2) is 9.80. The van der Waals surface area contributed by atoms with Gasteiger partial charge in [-0.3, -0.25) is 4.79 Å². The summed E-state index contributed by atoms with van der Waals surface area (Å²) in [5.41, 5.74) is 1.19. The smallest absolute Gasteiger partial charge is 0.339 e. The van der Waals surface area contributed by atoms with Gasteiger partial charge in [-0.25, -0.2) is 13.2 Å². The molecule has 0 aromatic heterocycles. The van der Waals surface area contributed by atoms with E-state index in [1.54, 1.807) is 37.3 Å². The summed E-state index contributed by atoms with van der Waals surface area (Å²) in [6.45, 7) is 4.08. The van der Waals surface area contributed by atoms with Gasteiger partial charge in [0.15, 0.2) is 6.10 Å². The third-order valence-corrected chi connectivity index (χ3v) is 7.29. The molecule has 1 N–H and O–H groups in total. The number of benzene rings is 2. The standard InChI is InChI=1S/C22H25ClN2O5S/c1-15-6-11-19(31(28,29)25-12-4-3-5-13-25)14-20(15)22(27)30-16(2)21(26)24-18-9-7-17(23)8-10-18/h6-11,14,16H,3-5,12-13H2,1-2H3,(H,24,26). The number of carbonyl (C=O) groups is 2. The minimum absolute atomic E-state index is 0.0465. The SMILES string of the molecule is Cc1ccc(S(=O)(=O)N2CCCCC2)cc1C(=O)OC(C)C(=O)Nc1ccc(Cl)cc1. The molecule has 1 heterocycles. The number of nitrogens with one attached hydrogen (secondary N) is 1. The number of amides is 1. The number of aryl methyl sites for hydroxylation is 1. The van der Waals surface area contributed by atoms with Crippen molar-refractivity contribution in [3.8, 4) is 0 Å². The quantitative estimate of drug-likeness (QED) is 0.652. The van der Waals surface area contributed by atoms with Crippen LogP contribution in [0.5, 0.6) is 0 Å². The summed E-state index contributed by atoms with van der Waals surface area (Å²) in [5, 5.41) is 3.18. The molecule has 1 saturated heterocycles. The highest BCUT2D eigenvalue weighted by Gasteiger charge is 2.28. The van der Waals surface area contributed by atoms with Crippen LogP contribution in [0.1, 0.15) is 42.1 Å². The van der Waals surface area contributed by atoms with Crippen LogP contribution in [0.2, 0.25) is 5.02 Å². The summed E-state index contributed by atoms with van der Waals surface area (Å²) < 4.78 is 32.6. The minimum Gasteiger partial charge on any atom is -0.449 e. The van der Waals surface area contributed by atoms with E-state index in [0.717, 1.165) is 19.3 Å². The number of hydrogen-bond donors (Lipinski definition) is 1. The molecule has 0 spiro atoms. The molecule has 1 aliphatic heterocycles. The largest absolute Gasteiger partial charge is 0.449 e. The average Bonchev–Trinajstić information content (AvgIpc) is 2.76. The molecule has 2 aromatic rings. The van der Waals surface area contributed by atoms with Crippen LogP contribution in [0.15, 0.2) is 47.4 Å². The van der Waals surface area contributed by atoms with Gasteiger partial charge in [-0.1, -0.05) is 24.1 Å². The van der Waals surface area contributed by atoms with E-state index >= 15 is 0 Å². The Morgan fingerprint density at radius 3 is 2.35 bits per heavy atom. The van der Waals surface area contributed by atoms with Crippen molar-refractivity contribution in [3.63, 3.8) is 0 Å². The van der Waals surface area contributed by atoms with E-state index in [4.69, 9.17) is 16.3 Å². The van der Waals surface area contributed by atoms with Gasteiger partial charge in [-0.05, 0) is 68.7 Å². The predicted octanol–water partition coefficient (Wildman–Crippen LogP) is 4.01. The van der Waals surface area contributed by atoms with Crippen molar-refractivity contribution < 1.29 is 22.7 Å². The first kappa shape index (κ1) is 23.2. The maximum atomic E-state index is 12.9. The highest BCUT2D eigenvalue weighted by Crippen LogP contribution is 2.23. The lowest BCUT2D eigenvalue weighted by Gasteiger charge is -2.26. The van der Waals surface area contributed by atoms with E-state index in [9.17, 15) is 18.0 Å². The Morgan fingerprint density at radius 2 is 1.71 bits per heavy atom. The van der Waals surface area contributed by atoms with E-state index < -0.39 is 28.0 Å². The highest BCUT2D eigenvalue weighted by molar-refractivity contribution is 7.89. The van der Waals surface area contributed by atoms with Crippen LogP contribution in [-0.4, -0.2) is 43.8 Å². The van der Waals surface area contributed by atoms with Crippen molar-refractivity contribution in [1.29, 1.82) is 0 Å². The van der Waals surface area contributed by atoms with Crippen LogP contribution < -0.4 is 5.32 Å². The highest BCUT2D eigenvalue weighted by atomic mass is 35.5. The summed E-state index contributed by atoms with van der Waals surface area (Å²) in [7, 11) is -3.69. The van der Waals surface area contributed by atoms with Crippen molar-refractivity contribution in [1.82, 2.24) is 4.31 Å². The third kappa shape index (κ3) is 5.64. The van der Waals surface area contributed by atoms with Gasteiger partial charge >= 0.3 is 5.97 Å². The summed E-state index contributed by atoms with van der Waals surface area (Å²) >= 11 is 5.83. The van der Waals surface area contributed by atoms with Gasteiger partial charge in [0.25, 0.3) is 5.91 Å². The van der Waals surface area contributed by atoms with Crippen LogP contribution in [0.4, 0.5) is 5.69 Å². The van der Waals surface area contributed by atoms with Crippen molar-refractivity contribution in [3.05, 3.63) is 58.6 Å². The van der Waals surface area contributed by atoms with E-state index in [0.29, 0.717) is 29.4 Å². The Balaban J connectivity index is 1.72. The number of anilines is 1. The third-order valence-electron chi connectivity index (χ3n) is 5.15. The van der Waals surface area contributed by atoms with Gasteiger partial charge in [0.2, 0.25) is 10.0 Å². The fourth-order valence-corrected chi connectivity index (χ4v) is 4.96. The number of sulfonamides is 1. The first-order valence-corrected chi connectivity index (χ1v) is 11.9. The molecule has 1 atom stereocenters. The Morgan fingerprint density at radius 1 is 1.06 bits per heavy atom. The lowest BCUT2D eigenvalue weighted by molar-refractivity contribution is -0.123. The molecule has 166 valence electrons. The summed E-state index contributed by atoms with van der Waals surface area (Å²) in [6.07, 6.45) is 1.57. The Kier molecular flexibility index (Phi) is 7.35. The zero-order valence-electron chi connectivity index (χ0n) is 17.4. The van der Waals surface area contributed by atoms with Crippen LogP contribution >= 0.6 is 11.6 Å². The number of carbonyl (C=O) groups excluding carboxylic acids is 2. The zero-order valence-corrected chi connectivity index (χ0v) is 19.0. The predicted molar refractivity (Wildman–Crippen MR) is 119 cm³/mol. The number of piperidine rings is 1. The molecule has 1 amide bonds. The first-order valence-electron chi connectivity index (χ1n) is 10.1. The Hall–Kier alpha value is -2.42. The zero-order chi connectivity index (χ0) is 22.6. The van der Waals surface area contributed by atoms with E-state index in [2.05, 4.69) is 5.32 Å². The number of rotatable bonds is 6. The fourth-order valence-electron chi connectivity index (χ4n) is 3.29. The molecule has 0 bridgehead atoms. The van der Waals surface area contributed by atoms with Crippen LogP contribution in [-0.2, 0) is 19.6 Å². The topological polar surface area (TPSA) is 92.8 Å².